The molecule has 3 aliphatic heterocycles. The van der Waals surface area contributed by atoms with E-state index in [-0.39, 0.29) is 25.0 Å². The Kier molecular flexibility index (Phi) is 8.18. The molecule has 208 valence electrons. The van der Waals surface area contributed by atoms with E-state index in [1.807, 2.05) is 38.1 Å². The molecule has 4 rings (SSSR count). The van der Waals surface area contributed by atoms with E-state index in [0.29, 0.717) is 24.9 Å². The summed E-state index contributed by atoms with van der Waals surface area (Å²) in [6.07, 6.45) is 2.42. The van der Waals surface area contributed by atoms with E-state index in [4.69, 9.17) is 4.74 Å². The second-order valence-electron chi connectivity index (χ2n) is 11.0. The molecule has 9 heteroatoms. The second-order valence-corrected chi connectivity index (χ2v) is 11.0. The van der Waals surface area contributed by atoms with Crippen LogP contribution in [0.1, 0.15) is 47.0 Å². The number of ether oxygens (including phenoxy) is 1. The van der Waals surface area contributed by atoms with Gasteiger partial charge in [0, 0.05) is 31.0 Å². The average Bonchev–Trinajstić information content (AvgIpc) is 3.54. The molecule has 9 nitrogen and oxygen atoms in total. The first-order valence-corrected chi connectivity index (χ1v) is 13.8. The summed E-state index contributed by atoms with van der Waals surface area (Å²) in [5, 5.41) is 20.4. The van der Waals surface area contributed by atoms with Gasteiger partial charge in [-0.25, -0.2) is 0 Å². The quantitative estimate of drug-likeness (QED) is 0.402. The molecule has 2 unspecified atom stereocenters. The number of rotatable bonds is 12. The standard InChI is InChI=1S/C29H41N3O6/c1-6-15-31(20-11-9-19(10-12-20)30(7-2)8-3)27(35)25-29-14-13-22(38-29)23(28(36)37)24(29)26(34)32(25)21(17-33)16-18(4)5/h6,9-12,18,21-25,33H,1,7-8,13-17H2,2-5H3,(H,36,37)/t21-,22+,23-,24+,25?,29?/m1/s1. The molecule has 1 aromatic carbocycles. The van der Waals surface area contributed by atoms with Gasteiger partial charge in [0.05, 0.1) is 30.6 Å². The van der Waals surface area contributed by atoms with Crippen molar-refractivity contribution in [2.75, 3.05) is 36.0 Å². The summed E-state index contributed by atoms with van der Waals surface area (Å²) in [7, 11) is 0. The molecule has 2 amide bonds. The van der Waals surface area contributed by atoms with E-state index in [1.54, 1.807) is 11.0 Å². The van der Waals surface area contributed by atoms with Gasteiger partial charge < -0.3 is 29.6 Å². The first-order valence-electron chi connectivity index (χ1n) is 13.8. The third-order valence-electron chi connectivity index (χ3n) is 8.47. The first kappa shape index (κ1) is 28.1. The van der Waals surface area contributed by atoms with Crippen molar-refractivity contribution in [2.45, 2.75) is 70.7 Å². The van der Waals surface area contributed by atoms with E-state index in [0.717, 1.165) is 18.8 Å². The Hall–Kier alpha value is -2.91. The zero-order chi connectivity index (χ0) is 27.8. The smallest absolute Gasteiger partial charge is 0.310 e. The van der Waals surface area contributed by atoms with E-state index in [2.05, 4.69) is 25.3 Å². The van der Waals surface area contributed by atoms with Crippen LogP contribution in [-0.4, -0.2) is 82.9 Å². The molecule has 2 bridgehead atoms. The number of aliphatic hydroxyl groups excluding tert-OH is 1. The molecule has 0 radical (unpaired) electrons. The molecule has 38 heavy (non-hydrogen) atoms. The Labute approximate surface area is 225 Å². The Bertz CT molecular complexity index is 1050. The first-order chi connectivity index (χ1) is 18.1. The third-order valence-corrected chi connectivity index (χ3v) is 8.47. The number of carboxylic acids is 1. The highest BCUT2D eigenvalue weighted by atomic mass is 16.5. The van der Waals surface area contributed by atoms with Crippen LogP contribution in [0.4, 0.5) is 11.4 Å². The molecular weight excluding hydrogens is 486 g/mol. The lowest BCUT2D eigenvalue weighted by molar-refractivity contribution is -0.151. The summed E-state index contributed by atoms with van der Waals surface area (Å²) in [4.78, 5) is 46.0. The number of carboxylic acid groups (broad SMARTS) is 1. The zero-order valence-electron chi connectivity index (χ0n) is 22.9. The summed E-state index contributed by atoms with van der Waals surface area (Å²) in [5.74, 6) is -3.64. The van der Waals surface area contributed by atoms with Crippen LogP contribution in [0.3, 0.4) is 0 Å². The number of amides is 2. The summed E-state index contributed by atoms with van der Waals surface area (Å²) in [5.41, 5.74) is 0.470. The number of aliphatic hydroxyl groups is 1. The molecule has 3 fully saturated rings. The lowest BCUT2D eigenvalue weighted by Crippen LogP contribution is -2.59. The Morgan fingerprint density at radius 2 is 1.84 bits per heavy atom. The fourth-order valence-corrected chi connectivity index (χ4v) is 6.90. The van der Waals surface area contributed by atoms with Gasteiger partial charge in [-0.1, -0.05) is 19.9 Å². The van der Waals surface area contributed by atoms with E-state index in [1.165, 1.54) is 4.90 Å². The van der Waals surface area contributed by atoms with Crippen molar-refractivity contribution < 1.29 is 29.3 Å². The van der Waals surface area contributed by atoms with Crippen molar-refractivity contribution in [1.29, 1.82) is 0 Å². The Morgan fingerprint density at radius 1 is 1.21 bits per heavy atom. The van der Waals surface area contributed by atoms with Gasteiger partial charge in [-0.05, 0) is 63.3 Å². The number of likely N-dealkylation sites (tertiary alicyclic amines) is 1. The van der Waals surface area contributed by atoms with E-state index >= 15 is 0 Å². The van der Waals surface area contributed by atoms with E-state index < -0.39 is 47.5 Å². The maximum Gasteiger partial charge on any atom is 0.310 e. The number of benzene rings is 1. The molecule has 1 aromatic rings. The summed E-state index contributed by atoms with van der Waals surface area (Å²) in [6, 6.07) is 6.05. The molecule has 0 saturated carbocycles. The molecule has 2 N–H and O–H groups in total. The third kappa shape index (κ3) is 4.49. The zero-order valence-corrected chi connectivity index (χ0v) is 22.9. The lowest BCUT2D eigenvalue weighted by Gasteiger charge is -2.39. The largest absolute Gasteiger partial charge is 0.481 e. The number of carbonyl (C=O) groups is 3. The van der Waals surface area contributed by atoms with Crippen molar-refractivity contribution in [3.63, 3.8) is 0 Å². The highest BCUT2D eigenvalue weighted by Crippen LogP contribution is 2.59. The average molecular weight is 528 g/mol. The van der Waals surface area contributed by atoms with Gasteiger partial charge in [0.1, 0.15) is 11.6 Å². The van der Waals surface area contributed by atoms with E-state index in [9.17, 15) is 24.6 Å². The molecule has 3 saturated heterocycles. The number of hydrogen-bond acceptors (Lipinski definition) is 6. The van der Waals surface area contributed by atoms with Crippen LogP contribution < -0.4 is 9.80 Å². The summed E-state index contributed by atoms with van der Waals surface area (Å²) >= 11 is 0. The van der Waals surface area contributed by atoms with Crippen molar-refractivity contribution in [3.8, 4) is 0 Å². The van der Waals surface area contributed by atoms with Crippen LogP contribution in [0.15, 0.2) is 36.9 Å². The van der Waals surface area contributed by atoms with Gasteiger partial charge in [-0.2, -0.15) is 0 Å². The fourth-order valence-electron chi connectivity index (χ4n) is 6.90. The van der Waals surface area contributed by atoms with Gasteiger partial charge in [0.15, 0.2) is 0 Å². The monoisotopic (exact) mass is 527 g/mol. The molecule has 6 atom stereocenters. The predicted octanol–water partition coefficient (Wildman–Crippen LogP) is 2.92. The van der Waals surface area contributed by atoms with Crippen molar-refractivity contribution in [1.82, 2.24) is 4.90 Å². The molecule has 1 spiro atoms. The normalized spacial score (nSPS) is 28.5. The van der Waals surface area contributed by atoms with Crippen molar-refractivity contribution >= 4 is 29.2 Å². The SMILES string of the molecule is C=CCN(C(=O)C1N([C@@H](CO)CC(C)C)C(=O)[C@@H]2[C@H](C(=O)O)[C@@H]3CCC12O3)c1ccc(N(CC)CC)cc1. The van der Waals surface area contributed by atoms with Crippen LogP contribution >= 0.6 is 0 Å². The summed E-state index contributed by atoms with van der Waals surface area (Å²) < 4.78 is 6.33. The molecule has 3 heterocycles. The maximum atomic E-state index is 14.5. The highest BCUT2D eigenvalue weighted by molar-refractivity contribution is 6.04. The maximum absolute atomic E-state index is 14.5. The van der Waals surface area contributed by atoms with Crippen LogP contribution in [0.25, 0.3) is 0 Å². The number of carbonyl (C=O) groups excluding carboxylic acids is 2. The number of fused-ring (bicyclic) bond motifs is 1. The lowest BCUT2D eigenvalue weighted by atomic mass is 9.70. The van der Waals surface area contributed by atoms with Gasteiger partial charge in [-0.15, -0.1) is 6.58 Å². The molecular formula is C29H41N3O6. The minimum Gasteiger partial charge on any atom is -0.481 e. The predicted molar refractivity (Wildman–Crippen MR) is 145 cm³/mol. The number of aliphatic carboxylic acids is 1. The molecule has 0 aliphatic carbocycles. The van der Waals surface area contributed by atoms with Crippen molar-refractivity contribution in [3.05, 3.63) is 36.9 Å². The number of anilines is 2. The minimum absolute atomic E-state index is 0.151. The van der Waals surface area contributed by atoms with Gasteiger partial charge in [0.2, 0.25) is 5.91 Å². The molecule has 3 aliphatic rings. The highest BCUT2D eigenvalue weighted by Gasteiger charge is 2.75. The number of nitrogens with zero attached hydrogens (tertiary/aromatic N) is 3. The van der Waals surface area contributed by atoms with Crippen LogP contribution in [-0.2, 0) is 19.1 Å². The minimum atomic E-state index is -1.23. The van der Waals surface area contributed by atoms with Gasteiger partial charge in [0.25, 0.3) is 5.91 Å². The number of hydrogen-bond donors (Lipinski definition) is 2. The van der Waals surface area contributed by atoms with Gasteiger partial charge >= 0.3 is 5.97 Å². The van der Waals surface area contributed by atoms with Crippen LogP contribution in [0.5, 0.6) is 0 Å². The van der Waals surface area contributed by atoms with Crippen LogP contribution in [0, 0.1) is 17.8 Å². The van der Waals surface area contributed by atoms with Gasteiger partial charge in [-0.3, -0.25) is 14.4 Å². The summed E-state index contributed by atoms with van der Waals surface area (Å²) in [6.45, 7) is 13.6. The van der Waals surface area contributed by atoms with Crippen molar-refractivity contribution in [2.24, 2.45) is 17.8 Å². The second kappa shape index (κ2) is 11.1. The van der Waals surface area contributed by atoms with Crippen LogP contribution in [0.2, 0.25) is 0 Å². The Morgan fingerprint density at radius 3 is 2.37 bits per heavy atom. The Balaban J connectivity index is 1.78. The fraction of sp³-hybridized carbons (Fsp3) is 0.621. The topological polar surface area (TPSA) is 111 Å². The molecule has 0 aromatic heterocycles.